The number of rotatable bonds is 6. The molecule has 176 valence electrons. The molecule has 1 atom stereocenters. The minimum atomic E-state index is -0.265. The van der Waals surface area contributed by atoms with Crippen molar-refractivity contribution >= 4 is 34.9 Å². The van der Waals surface area contributed by atoms with E-state index in [0.29, 0.717) is 23.3 Å². The van der Waals surface area contributed by atoms with Crippen LogP contribution in [0.4, 0.5) is 11.5 Å². The van der Waals surface area contributed by atoms with E-state index in [1.807, 2.05) is 43.3 Å². The Balaban J connectivity index is 1.31. The average Bonchev–Trinajstić information content (AvgIpc) is 3.46. The zero-order valence-corrected chi connectivity index (χ0v) is 20.4. The number of anilines is 2. The summed E-state index contributed by atoms with van der Waals surface area (Å²) in [6.45, 7) is 4.66. The van der Waals surface area contributed by atoms with Crippen LogP contribution in [0.5, 0.6) is 0 Å². The SMILES string of the molecule is Cc1cc(N2CC[C@@](C)(C3CC3)C2=O)cc(NC(=O)Cc2cc(Cl)cc(-c3cnn(C)c3)c2)n1. The molecule has 1 aliphatic carbocycles. The van der Waals surface area contributed by atoms with E-state index < -0.39 is 0 Å². The maximum atomic E-state index is 13.2. The number of nitrogens with zero attached hydrogens (tertiary/aromatic N) is 4. The summed E-state index contributed by atoms with van der Waals surface area (Å²) in [6, 6.07) is 9.29. The maximum Gasteiger partial charge on any atom is 0.233 e. The fourth-order valence-corrected chi connectivity index (χ4v) is 5.20. The number of pyridine rings is 1. The Morgan fingerprint density at radius 2 is 2.00 bits per heavy atom. The lowest BCUT2D eigenvalue weighted by molar-refractivity contribution is -0.125. The molecule has 2 fully saturated rings. The Hall–Kier alpha value is -3.19. The topological polar surface area (TPSA) is 80.1 Å². The summed E-state index contributed by atoms with van der Waals surface area (Å²) in [5.74, 6) is 0.933. The third-order valence-electron chi connectivity index (χ3n) is 6.94. The van der Waals surface area contributed by atoms with Gasteiger partial charge in [0.2, 0.25) is 11.8 Å². The number of hydrogen-bond acceptors (Lipinski definition) is 4. The van der Waals surface area contributed by atoms with Crippen molar-refractivity contribution in [2.45, 2.75) is 39.5 Å². The second-order valence-corrected chi connectivity index (χ2v) is 10.2. The van der Waals surface area contributed by atoms with Gasteiger partial charge in [0, 0.05) is 47.8 Å². The molecule has 2 amide bonds. The van der Waals surface area contributed by atoms with Crippen LogP contribution < -0.4 is 10.2 Å². The number of carbonyl (C=O) groups excluding carboxylic acids is 2. The summed E-state index contributed by atoms with van der Waals surface area (Å²) >= 11 is 6.32. The molecule has 0 unspecified atom stereocenters. The van der Waals surface area contributed by atoms with Gasteiger partial charge in [-0.25, -0.2) is 4.98 Å². The van der Waals surface area contributed by atoms with Crippen molar-refractivity contribution in [2.24, 2.45) is 18.4 Å². The van der Waals surface area contributed by atoms with E-state index in [-0.39, 0.29) is 23.7 Å². The molecular formula is C26H28ClN5O2. The van der Waals surface area contributed by atoms with E-state index in [0.717, 1.165) is 47.3 Å². The predicted octanol–water partition coefficient (Wildman–Crippen LogP) is 4.78. The summed E-state index contributed by atoms with van der Waals surface area (Å²) < 4.78 is 1.72. The first kappa shape index (κ1) is 22.6. The van der Waals surface area contributed by atoms with Crippen molar-refractivity contribution in [2.75, 3.05) is 16.8 Å². The summed E-state index contributed by atoms with van der Waals surface area (Å²) in [6.07, 6.45) is 6.97. The van der Waals surface area contributed by atoms with E-state index in [2.05, 4.69) is 22.3 Å². The van der Waals surface area contributed by atoms with Crippen LogP contribution in [-0.2, 0) is 23.1 Å². The largest absolute Gasteiger partial charge is 0.312 e. The van der Waals surface area contributed by atoms with Crippen LogP contribution in [0.25, 0.3) is 11.1 Å². The molecule has 1 aromatic carbocycles. The molecule has 3 aromatic rings. The first-order chi connectivity index (χ1) is 16.2. The second kappa shape index (κ2) is 8.55. The van der Waals surface area contributed by atoms with Gasteiger partial charge in [0.15, 0.2) is 0 Å². The Morgan fingerprint density at radius 1 is 1.21 bits per heavy atom. The van der Waals surface area contributed by atoms with Gasteiger partial charge < -0.3 is 10.2 Å². The van der Waals surface area contributed by atoms with Crippen molar-refractivity contribution in [1.29, 1.82) is 0 Å². The Labute approximate surface area is 204 Å². The minimum Gasteiger partial charge on any atom is -0.312 e. The van der Waals surface area contributed by atoms with E-state index in [4.69, 9.17) is 11.6 Å². The highest BCUT2D eigenvalue weighted by atomic mass is 35.5. The van der Waals surface area contributed by atoms with Crippen LogP contribution in [0.1, 0.15) is 37.4 Å². The summed E-state index contributed by atoms with van der Waals surface area (Å²) in [5.41, 5.74) is 3.92. The Bertz CT molecular complexity index is 1280. The van der Waals surface area contributed by atoms with Crippen LogP contribution in [-0.4, -0.2) is 33.1 Å². The van der Waals surface area contributed by atoms with Crippen molar-refractivity contribution in [3.05, 3.63) is 59.0 Å². The molecule has 1 aliphatic heterocycles. The van der Waals surface area contributed by atoms with Crippen molar-refractivity contribution < 1.29 is 9.59 Å². The number of hydrogen-bond donors (Lipinski definition) is 1. The van der Waals surface area contributed by atoms with E-state index in [1.165, 1.54) is 0 Å². The number of aryl methyl sites for hydroxylation is 2. The van der Waals surface area contributed by atoms with Gasteiger partial charge in [-0.1, -0.05) is 24.6 Å². The lowest BCUT2D eigenvalue weighted by atomic mass is 9.83. The van der Waals surface area contributed by atoms with Gasteiger partial charge >= 0.3 is 0 Å². The van der Waals surface area contributed by atoms with Crippen LogP contribution >= 0.6 is 11.6 Å². The monoisotopic (exact) mass is 477 g/mol. The van der Waals surface area contributed by atoms with Gasteiger partial charge in [0.1, 0.15) is 5.82 Å². The Kier molecular flexibility index (Phi) is 5.68. The molecule has 1 N–H and O–H groups in total. The molecule has 1 saturated carbocycles. The highest BCUT2D eigenvalue weighted by Crippen LogP contribution is 2.52. The highest BCUT2D eigenvalue weighted by molar-refractivity contribution is 6.31. The predicted molar refractivity (Wildman–Crippen MR) is 133 cm³/mol. The van der Waals surface area contributed by atoms with Gasteiger partial charge in [-0.2, -0.15) is 5.10 Å². The van der Waals surface area contributed by atoms with Gasteiger partial charge in [0.25, 0.3) is 0 Å². The summed E-state index contributed by atoms with van der Waals surface area (Å²) in [7, 11) is 1.85. The van der Waals surface area contributed by atoms with Gasteiger partial charge in [-0.3, -0.25) is 14.3 Å². The van der Waals surface area contributed by atoms with Crippen molar-refractivity contribution in [3.63, 3.8) is 0 Å². The number of halogens is 1. The van der Waals surface area contributed by atoms with Gasteiger partial charge in [-0.15, -0.1) is 0 Å². The zero-order chi connectivity index (χ0) is 24.0. The fraction of sp³-hybridized carbons (Fsp3) is 0.385. The fourth-order valence-electron chi connectivity index (χ4n) is 4.94. The summed E-state index contributed by atoms with van der Waals surface area (Å²) in [5, 5.41) is 7.67. The lowest BCUT2D eigenvalue weighted by Gasteiger charge is -2.23. The maximum absolute atomic E-state index is 13.2. The second-order valence-electron chi connectivity index (χ2n) is 9.73. The van der Waals surface area contributed by atoms with Crippen molar-refractivity contribution in [3.8, 4) is 11.1 Å². The van der Waals surface area contributed by atoms with Crippen LogP contribution in [0.2, 0.25) is 5.02 Å². The molecule has 7 nitrogen and oxygen atoms in total. The Morgan fingerprint density at radius 3 is 2.71 bits per heavy atom. The number of aromatic nitrogens is 3. The molecule has 8 heteroatoms. The molecule has 34 heavy (non-hydrogen) atoms. The van der Waals surface area contributed by atoms with Crippen LogP contribution in [0.15, 0.2) is 42.7 Å². The standard InChI is InChI=1S/C26H28ClN5O2/c1-16-8-22(32-7-6-26(2,25(32)34)20-4-5-20)13-23(29-16)30-24(33)11-17-9-18(12-21(27)10-17)19-14-28-31(3)15-19/h8-10,12-15,20H,4-7,11H2,1-3H3,(H,29,30,33)/t26-/m0/s1. The third kappa shape index (κ3) is 4.44. The smallest absolute Gasteiger partial charge is 0.233 e. The molecule has 2 aromatic heterocycles. The molecule has 1 saturated heterocycles. The van der Waals surface area contributed by atoms with Crippen LogP contribution in [0, 0.1) is 18.3 Å². The van der Waals surface area contributed by atoms with E-state index in [1.54, 1.807) is 23.0 Å². The van der Waals surface area contributed by atoms with Gasteiger partial charge in [-0.05, 0) is 61.4 Å². The van der Waals surface area contributed by atoms with Crippen molar-refractivity contribution in [1.82, 2.24) is 14.8 Å². The normalized spacial score (nSPS) is 20.1. The quantitative estimate of drug-likeness (QED) is 0.554. The molecule has 0 radical (unpaired) electrons. The molecule has 3 heterocycles. The average molecular weight is 478 g/mol. The van der Waals surface area contributed by atoms with Gasteiger partial charge in [0.05, 0.1) is 18.0 Å². The number of carbonyl (C=O) groups is 2. The molecule has 0 spiro atoms. The minimum absolute atomic E-state index is 0.154. The number of nitrogens with one attached hydrogen (secondary N) is 1. The highest BCUT2D eigenvalue weighted by Gasteiger charge is 2.52. The zero-order valence-electron chi connectivity index (χ0n) is 19.6. The number of benzene rings is 1. The molecular weight excluding hydrogens is 450 g/mol. The van der Waals surface area contributed by atoms with E-state index >= 15 is 0 Å². The molecule has 0 bridgehead atoms. The van der Waals surface area contributed by atoms with Crippen LogP contribution in [0.3, 0.4) is 0 Å². The molecule has 2 aliphatic rings. The molecule has 5 rings (SSSR count). The first-order valence-electron chi connectivity index (χ1n) is 11.6. The van der Waals surface area contributed by atoms with E-state index in [9.17, 15) is 9.59 Å². The number of amides is 2. The lowest BCUT2D eigenvalue weighted by Crippen LogP contribution is -2.34. The first-order valence-corrected chi connectivity index (χ1v) is 12.0. The summed E-state index contributed by atoms with van der Waals surface area (Å²) in [4.78, 5) is 32.4. The third-order valence-corrected chi connectivity index (χ3v) is 7.16.